The second-order valence-corrected chi connectivity index (χ2v) is 9.33. The van der Waals surface area contributed by atoms with Crippen LogP contribution in [-0.2, 0) is 17.8 Å². The van der Waals surface area contributed by atoms with Gasteiger partial charge in [-0.15, -0.1) is 0 Å². The fraction of sp³-hybridized carbons (Fsp3) is 0.520. The van der Waals surface area contributed by atoms with Gasteiger partial charge in [0.05, 0.1) is 6.10 Å². The second-order valence-electron chi connectivity index (χ2n) is 9.33. The molecule has 0 saturated carbocycles. The highest BCUT2D eigenvalue weighted by Crippen LogP contribution is 2.20. The number of benzene rings is 1. The van der Waals surface area contributed by atoms with Gasteiger partial charge in [-0.3, -0.25) is 14.5 Å². The molecule has 2 aliphatic heterocycles. The highest BCUT2D eigenvalue weighted by Gasteiger charge is 2.22. The highest BCUT2D eigenvalue weighted by molar-refractivity contribution is 5.92. The molecule has 0 radical (unpaired) electrons. The number of piperidine rings is 1. The molecule has 1 aromatic carbocycles. The van der Waals surface area contributed by atoms with Crippen LogP contribution in [0.2, 0.25) is 0 Å². The van der Waals surface area contributed by atoms with Gasteiger partial charge >= 0.3 is 0 Å². The maximum Gasteiger partial charge on any atom is 0.270 e. The van der Waals surface area contributed by atoms with Gasteiger partial charge in [0.25, 0.3) is 5.91 Å². The van der Waals surface area contributed by atoms with Crippen molar-refractivity contribution in [1.82, 2.24) is 25.1 Å². The number of β-amino-alcohol motifs (C(OH)–C–C–N with tert-alkyl or cyclic N) is 1. The minimum atomic E-state index is -0.666. The zero-order chi connectivity index (χ0) is 24.1. The number of aliphatic hydroxyl groups excluding tert-OH is 1. The standard InChI is InChI=1S/C25H34N6O3/c1-17-3-4-19-5-8-30(14-20(19)11-17)15-22(33)13-26-25(34)23-12-24(28-16-27-23)29-21-6-9-31(10-7-21)18(2)32/h3-4,11-12,16,21-22,33H,5-10,13-15H2,1-2H3,(H,26,34)(H,27,28,29)/t22-/m0/s1. The van der Waals surface area contributed by atoms with E-state index in [0.717, 1.165) is 32.4 Å². The van der Waals surface area contributed by atoms with Crippen LogP contribution in [0, 0.1) is 6.92 Å². The summed E-state index contributed by atoms with van der Waals surface area (Å²) in [5.74, 6) is 0.349. The van der Waals surface area contributed by atoms with Crippen molar-refractivity contribution in [2.24, 2.45) is 0 Å². The van der Waals surface area contributed by atoms with Gasteiger partial charge in [0.1, 0.15) is 17.8 Å². The van der Waals surface area contributed by atoms with Crippen molar-refractivity contribution in [1.29, 1.82) is 0 Å². The van der Waals surface area contributed by atoms with Gasteiger partial charge in [-0.1, -0.05) is 23.8 Å². The average molecular weight is 467 g/mol. The van der Waals surface area contributed by atoms with E-state index in [2.05, 4.69) is 50.6 Å². The molecule has 0 bridgehead atoms. The van der Waals surface area contributed by atoms with E-state index in [-0.39, 0.29) is 30.1 Å². The van der Waals surface area contributed by atoms with E-state index in [1.54, 1.807) is 13.0 Å². The van der Waals surface area contributed by atoms with E-state index in [1.165, 1.54) is 23.0 Å². The number of likely N-dealkylation sites (tertiary alicyclic amines) is 1. The molecule has 2 amide bonds. The molecule has 4 rings (SSSR count). The molecule has 34 heavy (non-hydrogen) atoms. The van der Waals surface area contributed by atoms with E-state index in [0.29, 0.717) is 25.5 Å². The summed E-state index contributed by atoms with van der Waals surface area (Å²) in [6.07, 6.45) is 3.33. The third-order valence-electron chi connectivity index (χ3n) is 6.61. The maximum absolute atomic E-state index is 12.6. The third-order valence-corrected chi connectivity index (χ3v) is 6.61. The molecule has 9 nitrogen and oxygen atoms in total. The molecule has 2 aromatic rings. The number of anilines is 1. The zero-order valence-corrected chi connectivity index (χ0v) is 20.0. The lowest BCUT2D eigenvalue weighted by Crippen LogP contribution is -2.42. The van der Waals surface area contributed by atoms with Crippen molar-refractivity contribution < 1.29 is 14.7 Å². The number of aliphatic hydroxyl groups is 1. The molecular weight excluding hydrogens is 432 g/mol. The molecule has 2 aliphatic rings. The van der Waals surface area contributed by atoms with Crippen LogP contribution in [0.4, 0.5) is 5.82 Å². The number of fused-ring (bicyclic) bond motifs is 1. The van der Waals surface area contributed by atoms with Gasteiger partial charge in [0, 0.05) is 58.3 Å². The SMILES string of the molecule is CC(=O)N1CCC(Nc2cc(C(=O)NC[C@H](O)CN3CCc4ccc(C)cc4C3)ncn2)CC1. The first-order valence-corrected chi connectivity index (χ1v) is 12.0. The van der Waals surface area contributed by atoms with Gasteiger partial charge in [0.15, 0.2) is 0 Å². The molecule has 1 fully saturated rings. The van der Waals surface area contributed by atoms with Gasteiger partial charge < -0.3 is 20.6 Å². The van der Waals surface area contributed by atoms with Crippen molar-refractivity contribution in [2.75, 3.05) is 38.0 Å². The largest absolute Gasteiger partial charge is 0.390 e. The quantitative estimate of drug-likeness (QED) is 0.565. The Balaban J connectivity index is 1.23. The molecule has 182 valence electrons. The van der Waals surface area contributed by atoms with E-state index < -0.39 is 6.10 Å². The number of nitrogens with one attached hydrogen (secondary N) is 2. The molecule has 0 spiro atoms. The Hall–Kier alpha value is -3.04. The van der Waals surface area contributed by atoms with Crippen LogP contribution in [0.5, 0.6) is 0 Å². The van der Waals surface area contributed by atoms with Gasteiger partial charge in [-0.05, 0) is 37.3 Å². The van der Waals surface area contributed by atoms with Gasteiger partial charge in [-0.2, -0.15) is 0 Å². The molecule has 0 unspecified atom stereocenters. The van der Waals surface area contributed by atoms with Crippen LogP contribution in [-0.4, -0.2) is 81.6 Å². The predicted octanol–water partition coefficient (Wildman–Crippen LogP) is 1.36. The molecule has 0 aliphatic carbocycles. The number of carbonyl (C=O) groups excluding carboxylic acids is 2. The second kappa shape index (κ2) is 10.9. The lowest BCUT2D eigenvalue weighted by atomic mass is 9.97. The first-order valence-electron chi connectivity index (χ1n) is 12.0. The molecule has 1 aromatic heterocycles. The van der Waals surface area contributed by atoms with Crippen molar-refractivity contribution in [3.8, 4) is 0 Å². The third kappa shape index (κ3) is 6.30. The van der Waals surface area contributed by atoms with Crippen LogP contribution in [0.1, 0.15) is 46.9 Å². The Morgan fingerprint density at radius 3 is 2.71 bits per heavy atom. The summed E-state index contributed by atoms with van der Waals surface area (Å²) in [4.78, 5) is 36.5. The normalized spacial score (nSPS) is 17.7. The summed E-state index contributed by atoms with van der Waals surface area (Å²) in [6, 6.07) is 8.37. The Morgan fingerprint density at radius 1 is 1.15 bits per heavy atom. The van der Waals surface area contributed by atoms with Crippen LogP contribution in [0.3, 0.4) is 0 Å². The predicted molar refractivity (Wildman–Crippen MR) is 129 cm³/mol. The monoisotopic (exact) mass is 466 g/mol. The minimum absolute atomic E-state index is 0.0989. The summed E-state index contributed by atoms with van der Waals surface area (Å²) in [6.45, 7) is 7.48. The van der Waals surface area contributed by atoms with Gasteiger partial charge in [-0.25, -0.2) is 9.97 Å². The summed E-state index contributed by atoms with van der Waals surface area (Å²) in [5, 5.41) is 16.6. The zero-order valence-electron chi connectivity index (χ0n) is 20.0. The number of rotatable bonds is 7. The Kier molecular flexibility index (Phi) is 7.74. The number of aryl methyl sites for hydroxylation is 1. The molecule has 3 heterocycles. The number of hydrogen-bond acceptors (Lipinski definition) is 7. The number of aromatic nitrogens is 2. The van der Waals surface area contributed by atoms with E-state index in [1.807, 2.05) is 4.90 Å². The Morgan fingerprint density at radius 2 is 1.94 bits per heavy atom. The fourth-order valence-electron chi connectivity index (χ4n) is 4.67. The molecular formula is C25H34N6O3. The van der Waals surface area contributed by atoms with Crippen LogP contribution in [0.15, 0.2) is 30.6 Å². The number of hydrogen-bond donors (Lipinski definition) is 3. The van der Waals surface area contributed by atoms with E-state index in [9.17, 15) is 14.7 Å². The molecule has 3 N–H and O–H groups in total. The number of carbonyl (C=O) groups is 2. The van der Waals surface area contributed by atoms with E-state index in [4.69, 9.17) is 0 Å². The van der Waals surface area contributed by atoms with Crippen LogP contribution >= 0.6 is 0 Å². The van der Waals surface area contributed by atoms with Crippen molar-refractivity contribution in [3.05, 3.63) is 53.0 Å². The molecule has 9 heteroatoms. The summed E-state index contributed by atoms with van der Waals surface area (Å²) < 4.78 is 0. The number of nitrogens with zero attached hydrogens (tertiary/aromatic N) is 4. The highest BCUT2D eigenvalue weighted by atomic mass is 16.3. The Labute approximate surface area is 200 Å². The lowest BCUT2D eigenvalue weighted by Gasteiger charge is -2.31. The first kappa shape index (κ1) is 24.1. The van der Waals surface area contributed by atoms with Crippen molar-refractivity contribution >= 4 is 17.6 Å². The average Bonchev–Trinajstić information content (AvgIpc) is 2.83. The smallest absolute Gasteiger partial charge is 0.270 e. The van der Waals surface area contributed by atoms with Gasteiger partial charge in [0.2, 0.25) is 5.91 Å². The van der Waals surface area contributed by atoms with E-state index >= 15 is 0 Å². The summed E-state index contributed by atoms with van der Waals surface area (Å²) in [5.41, 5.74) is 4.19. The number of amides is 2. The van der Waals surface area contributed by atoms with Crippen molar-refractivity contribution in [3.63, 3.8) is 0 Å². The van der Waals surface area contributed by atoms with Crippen LogP contribution < -0.4 is 10.6 Å². The molecule has 1 saturated heterocycles. The summed E-state index contributed by atoms with van der Waals surface area (Å²) >= 11 is 0. The first-order chi connectivity index (χ1) is 16.4. The maximum atomic E-state index is 12.6. The lowest BCUT2D eigenvalue weighted by molar-refractivity contribution is -0.129. The topological polar surface area (TPSA) is 111 Å². The minimum Gasteiger partial charge on any atom is -0.390 e. The van der Waals surface area contributed by atoms with Crippen molar-refractivity contribution in [2.45, 2.75) is 51.8 Å². The summed E-state index contributed by atoms with van der Waals surface area (Å²) in [7, 11) is 0. The Bertz CT molecular complexity index is 1020. The molecule has 1 atom stereocenters. The van der Waals surface area contributed by atoms with Crippen LogP contribution in [0.25, 0.3) is 0 Å². The fourth-order valence-corrected chi connectivity index (χ4v) is 4.67.